The molecule has 142 valence electrons. The average molecular weight is 371 g/mol. The molecule has 0 aliphatic carbocycles. The van der Waals surface area contributed by atoms with Gasteiger partial charge in [-0.2, -0.15) is 5.10 Å². The van der Waals surface area contributed by atoms with Gasteiger partial charge in [-0.1, -0.05) is 0 Å². The third-order valence-corrected chi connectivity index (χ3v) is 3.96. The third kappa shape index (κ3) is 3.48. The molecule has 2 aromatic heterocycles. The second-order valence-corrected chi connectivity index (χ2v) is 6.93. The van der Waals surface area contributed by atoms with Crippen LogP contribution in [0.25, 0.3) is 11.0 Å². The van der Waals surface area contributed by atoms with Crippen LogP contribution in [0, 0.1) is 0 Å². The van der Waals surface area contributed by atoms with E-state index in [0.29, 0.717) is 22.5 Å². The van der Waals surface area contributed by atoms with Gasteiger partial charge in [-0.15, -0.1) is 0 Å². The van der Waals surface area contributed by atoms with Gasteiger partial charge >= 0.3 is 0 Å². The first-order valence-corrected chi connectivity index (χ1v) is 8.25. The third-order valence-electron chi connectivity index (χ3n) is 3.96. The summed E-state index contributed by atoms with van der Waals surface area (Å²) in [5.74, 6) is 0.428. The van der Waals surface area contributed by atoms with Gasteiger partial charge in [0.2, 0.25) is 0 Å². The largest absolute Gasteiger partial charge is 0.497 e. The smallest absolute Gasteiger partial charge is 0.283 e. The van der Waals surface area contributed by atoms with Crippen LogP contribution in [-0.2, 0) is 5.54 Å². The van der Waals surface area contributed by atoms with Crippen molar-refractivity contribution < 1.29 is 14.3 Å². The Morgan fingerprint density at radius 1 is 1.11 bits per heavy atom. The zero-order valence-electron chi connectivity index (χ0n) is 15.8. The summed E-state index contributed by atoms with van der Waals surface area (Å²) >= 11 is 0. The van der Waals surface area contributed by atoms with Gasteiger partial charge in [0.1, 0.15) is 23.2 Å². The number of aromatic nitrogens is 4. The number of amides is 1. The van der Waals surface area contributed by atoms with Crippen LogP contribution < -0.4 is 20.5 Å². The van der Waals surface area contributed by atoms with Crippen LogP contribution in [0.4, 0.5) is 0 Å². The standard InChI is InChI=1S/C18H21N5O4/c1-18(2,3)23-15-14(9-20-23)17(25)22(10-19-15)21-16(24)11-6-12(26-4)8-13(7-11)27-5/h6-10H,1-5H3,(H,21,24). The molecule has 1 amide bonds. The Labute approximate surface area is 155 Å². The number of fused-ring (bicyclic) bond motifs is 1. The minimum absolute atomic E-state index is 0.281. The van der Waals surface area contributed by atoms with Gasteiger partial charge in [-0.3, -0.25) is 15.0 Å². The first-order valence-electron chi connectivity index (χ1n) is 8.25. The average Bonchev–Trinajstić information content (AvgIpc) is 3.08. The van der Waals surface area contributed by atoms with Crippen molar-refractivity contribution in [3.05, 3.63) is 46.6 Å². The molecule has 0 spiro atoms. The van der Waals surface area contributed by atoms with E-state index in [2.05, 4.69) is 15.5 Å². The van der Waals surface area contributed by atoms with Gasteiger partial charge in [0.15, 0.2) is 5.65 Å². The Hall–Kier alpha value is -3.36. The highest BCUT2D eigenvalue weighted by atomic mass is 16.5. The molecule has 9 heteroatoms. The molecule has 0 unspecified atom stereocenters. The molecule has 27 heavy (non-hydrogen) atoms. The molecule has 1 N–H and O–H groups in total. The molecule has 0 atom stereocenters. The van der Waals surface area contributed by atoms with E-state index in [1.807, 2.05) is 20.8 Å². The molecule has 2 heterocycles. The summed E-state index contributed by atoms with van der Waals surface area (Å²) in [5.41, 5.74) is 2.52. The second-order valence-electron chi connectivity index (χ2n) is 6.93. The lowest BCUT2D eigenvalue weighted by Crippen LogP contribution is -2.33. The molecule has 3 aromatic rings. The van der Waals surface area contributed by atoms with Crippen molar-refractivity contribution in [2.45, 2.75) is 26.3 Å². The van der Waals surface area contributed by atoms with Crippen molar-refractivity contribution in [2.75, 3.05) is 19.6 Å². The Bertz CT molecular complexity index is 1040. The van der Waals surface area contributed by atoms with E-state index in [1.165, 1.54) is 26.7 Å². The maximum atomic E-state index is 12.7. The number of rotatable bonds is 4. The normalized spacial score (nSPS) is 11.4. The maximum Gasteiger partial charge on any atom is 0.283 e. The van der Waals surface area contributed by atoms with Crippen LogP contribution in [-0.4, -0.2) is 39.6 Å². The van der Waals surface area contributed by atoms with Crippen LogP contribution in [0.3, 0.4) is 0 Å². The van der Waals surface area contributed by atoms with Gasteiger partial charge in [-0.05, 0) is 32.9 Å². The van der Waals surface area contributed by atoms with Crippen molar-refractivity contribution in [1.82, 2.24) is 19.4 Å². The number of nitrogens with one attached hydrogen (secondary N) is 1. The number of hydrogen-bond acceptors (Lipinski definition) is 6. The highest BCUT2D eigenvalue weighted by molar-refractivity contribution is 6.00. The van der Waals surface area contributed by atoms with Crippen LogP contribution in [0.5, 0.6) is 11.5 Å². The Morgan fingerprint density at radius 2 is 1.74 bits per heavy atom. The van der Waals surface area contributed by atoms with Crippen LogP contribution in [0.15, 0.2) is 35.5 Å². The summed E-state index contributed by atoms with van der Waals surface area (Å²) in [5, 5.41) is 4.56. The van der Waals surface area contributed by atoms with E-state index in [-0.39, 0.29) is 11.1 Å². The van der Waals surface area contributed by atoms with Gasteiger partial charge < -0.3 is 9.47 Å². The summed E-state index contributed by atoms with van der Waals surface area (Å²) in [6.45, 7) is 5.89. The fourth-order valence-electron chi connectivity index (χ4n) is 2.59. The number of benzene rings is 1. The van der Waals surface area contributed by atoms with E-state index >= 15 is 0 Å². The zero-order valence-corrected chi connectivity index (χ0v) is 15.8. The van der Waals surface area contributed by atoms with E-state index in [9.17, 15) is 9.59 Å². The van der Waals surface area contributed by atoms with Gasteiger partial charge in [0.25, 0.3) is 11.5 Å². The molecule has 9 nitrogen and oxygen atoms in total. The summed E-state index contributed by atoms with van der Waals surface area (Å²) in [6, 6.07) is 4.75. The first kappa shape index (κ1) is 18.4. The molecule has 0 bridgehead atoms. The molecule has 0 fully saturated rings. The molecule has 0 radical (unpaired) electrons. The maximum absolute atomic E-state index is 12.7. The quantitative estimate of drug-likeness (QED) is 0.750. The predicted molar refractivity (Wildman–Crippen MR) is 100 cm³/mol. The van der Waals surface area contributed by atoms with Crippen LogP contribution >= 0.6 is 0 Å². The Morgan fingerprint density at radius 3 is 2.30 bits per heavy atom. The molecule has 0 saturated carbocycles. The SMILES string of the molecule is COc1cc(OC)cc(C(=O)Nn2cnc3c(cnn3C(C)(C)C)c2=O)c1. The minimum atomic E-state index is -0.501. The fraction of sp³-hybridized carbons (Fsp3) is 0.333. The van der Waals surface area contributed by atoms with E-state index in [0.717, 1.165) is 4.68 Å². The summed E-state index contributed by atoms with van der Waals surface area (Å²) in [7, 11) is 2.98. The second kappa shape index (κ2) is 6.75. The molecule has 1 aromatic carbocycles. The molecular formula is C18H21N5O4. The summed E-state index contributed by atoms with van der Waals surface area (Å²) in [4.78, 5) is 29.5. The van der Waals surface area contributed by atoms with Crippen molar-refractivity contribution in [1.29, 1.82) is 0 Å². The summed E-state index contributed by atoms with van der Waals surface area (Å²) < 4.78 is 13.0. The summed E-state index contributed by atoms with van der Waals surface area (Å²) in [6.07, 6.45) is 2.72. The highest BCUT2D eigenvalue weighted by Crippen LogP contribution is 2.22. The van der Waals surface area contributed by atoms with E-state index in [1.54, 1.807) is 22.9 Å². The van der Waals surface area contributed by atoms with E-state index < -0.39 is 11.5 Å². The van der Waals surface area contributed by atoms with Crippen molar-refractivity contribution in [3.63, 3.8) is 0 Å². The molecule has 3 rings (SSSR count). The molecule has 0 aliphatic rings. The lowest BCUT2D eigenvalue weighted by atomic mass is 10.1. The molecule has 0 aliphatic heterocycles. The Balaban J connectivity index is 1.97. The minimum Gasteiger partial charge on any atom is -0.497 e. The number of methoxy groups -OCH3 is 2. The number of carbonyl (C=O) groups is 1. The van der Waals surface area contributed by atoms with Gasteiger partial charge in [0, 0.05) is 11.6 Å². The monoisotopic (exact) mass is 371 g/mol. The predicted octanol–water partition coefficient (Wildman–Crippen LogP) is 1.75. The van der Waals surface area contributed by atoms with Crippen molar-refractivity contribution in [2.24, 2.45) is 0 Å². The lowest BCUT2D eigenvalue weighted by molar-refractivity contribution is 0.101. The van der Waals surface area contributed by atoms with Crippen LogP contribution in [0.1, 0.15) is 31.1 Å². The number of carbonyl (C=O) groups excluding carboxylic acids is 1. The lowest BCUT2D eigenvalue weighted by Gasteiger charge is -2.19. The van der Waals surface area contributed by atoms with Crippen molar-refractivity contribution in [3.8, 4) is 11.5 Å². The van der Waals surface area contributed by atoms with Gasteiger partial charge in [0.05, 0.1) is 26.0 Å². The van der Waals surface area contributed by atoms with Crippen molar-refractivity contribution >= 4 is 16.9 Å². The first-order chi connectivity index (χ1) is 12.7. The highest BCUT2D eigenvalue weighted by Gasteiger charge is 2.20. The Kier molecular flexibility index (Phi) is 4.61. The number of hydrogen-bond donors (Lipinski definition) is 1. The van der Waals surface area contributed by atoms with E-state index in [4.69, 9.17) is 9.47 Å². The number of ether oxygens (including phenoxy) is 2. The molecular weight excluding hydrogens is 350 g/mol. The van der Waals surface area contributed by atoms with Crippen LogP contribution in [0.2, 0.25) is 0 Å². The topological polar surface area (TPSA) is 100 Å². The number of nitrogens with zero attached hydrogens (tertiary/aromatic N) is 4. The van der Waals surface area contributed by atoms with Gasteiger partial charge in [-0.25, -0.2) is 14.3 Å². The zero-order chi connectivity index (χ0) is 19.8. The molecule has 0 saturated heterocycles. The fourth-order valence-corrected chi connectivity index (χ4v) is 2.59.